The van der Waals surface area contributed by atoms with Crippen LogP contribution >= 0.6 is 27.5 Å². The highest BCUT2D eigenvalue weighted by molar-refractivity contribution is 9.10. The van der Waals surface area contributed by atoms with Crippen LogP contribution < -0.4 is 0 Å². The first kappa shape index (κ1) is 17.0. The van der Waals surface area contributed by atoms with Crippen LogP contribution in [0.3, 0.4) is 0 Å². The van der Waals surface area contributed by atoms with Gasteiger partial charge in [0.2, 0.25) is 0 Å². The molecule has 0 radical (unpaired) electrons. The quantitative estimate of drug-likeness (QED) is 0.751. The van der Waals surface area contributed by atoms with Crippen molar-refractivity contribution in [1.82, 2.24) is 9.80 Å². The maximum Gasteiger partial charge on any atom is 0.407 e. The molecule has 2 rings (SSSR count). The predicted molar refractivity (Wildman–Crippen MR) is 80.6 cm³/mol. The van der Waals surface area contributed by atoms with Gasteiger partial charge >= 0.3 is 6.09 Å². The van der Waals surface area contributed by atoms with Crippen molar-refractivity contribution < 1.29 is 24.2 Å². The van der Waals surface area contributed by atoms with Crippen LogP contribution in [0, 0.1) is 5.82 Å². The van der Waals surface area contributed by atoms with Gasteiger partial charge in [0.05, 0.1) is 23.2 Å². The highest BCUT2D eigenvalue weighted by Gasteiger charge is 2.33. The molecule has 0 spiro atoms. The standard InChI is InChI=1S/C13H13BrClFN2O4/c14-9-2-1-8(11(16)10(9)15)12(20)18-4-3-17(13(21)22)5-7(18)6-19/h1-2,7,19H,3-6H2,(H,21,22)/t7-/m0/s1. The molecule has 9 heteroatoms. The summed E-state index contributed by atoms with van der Waals surface area (Å²) >= 11 is 8.84. The molecule has 0 bridgehead atoms. The number of nitrogens with zero attached hydrogens (tertiary/aromatic N) is 2. The molecule has 1 aromatic carbocycles. The zero-order valence-corrected chi connectivity index (χ0v) is 13.6. The molecule has 1 saturated heterocycles. The average molecular weight is 396 g/mol. The van der Waals surface area contributed by atoms with Gasteiger partial charge in [-0.1, -0.05) is 11.6 Å². The van der Waals surface area contributed by atoms with E-state index < -0.39 is 30.5 Å². The van der Waals surface area contributed by atoms with Crippen molar-refractivity contribution in [3.05, 3.63) is 33.0 Å². The van der Waals surface area contributed by atoms with E-state index in [0.29, 0.717) is 4.47 Å². The van der Waals surface area contributed by atoms with E-state index in [1.165, 1.54) is 17.0 Å². The van der Waals surface area contributed by atoms with Crippen LogP contribution in [0.5, 0.6) is 0 Å². The Morgan fingerprint density at radius 2 is 2.09 bits per heavy atom. The van der Waals surface area contributed by atoms with Crippen molar-refractivity contribution in [2.75, 3.05) is 26.2 Å². The molecular formula is C13H13BrClFN2O4. The molecule has 22 heavy (non-hydrogen) atoms. The van der Waals surface area contributed by atoms with Gasteiger partial charge in [0.25, 0.3) is 5.91 Å². The van der Waals surface area contributed by atoms with E-state index in [0.717, 1.165) is 4.90 Å². The second-order valence-corrected chi connectivity index (χ2v) is 6.02. The van der Waals surface area contributed by atoms with Crippen LogP contribution in [0.4, 0.5) is 9.18 Å². The summed E-state index contributed by atoms with van der Waals surface area (Å²) in [5.41, 5.74) is -0.213. The lowest BCUT2D eigenvalue weighted by atomic mass is 10.1. The van der Waals surface area contributed by atoms with Crippen molar-refractivity contribution in [3.8, 4) is 0 Å². The third kappa shape index (κ3) is 3.18. The smallest absolute Gasteiger partial charge is 0.407 e. The van der Waals surface area contributed by atoms with Gasteiger partial charge in [-0.15, -0.1) is 0 Å². The van der Waals surface area contributed by atoms with Crippen LogP contribution in [0.1, 0.15) is 10.4 Å². The molecule has 1 aliphatic heterocycles. The lowest BCUT2D eigenvalue weighted by Gasteiger charge is -2.39. The summed E-state index contributed by atoms with van der Waals surface area (Å²) in [5, 5.41) is 18.1. The Kier molecular flexibility index (Phi) is 5.25. The van der Waals surface area contributed by atoms with Gasteiger partial charge < -0.3 is 20.0 Å². The molecular weight excluding hydrogens is 383 g/mol. The van der Waals surface area contributed by atoms with Crippen LogP contribution in [-0.4, -0.2) is 64.3 Å². The predicted octanol–water partition coefficient (Wildman–Crippen LogP) is 2.04. The van der Waals surface area contributed by atoms with E-state index in [2.05, 4.69) is 15.9 Å². The summed E-state index contributed by atoms with van der Waals surface area (Å²) in [7, 11) is 0. The molecule has 0 saturated carbocycles. The van der Waals surface area contributed by atoms with Crippen molar-refractivity contribution in [1.29, 1.82) is 0 Å². The largest absolute Gasteiger partial charge is 0.465 e. The van der Waals surface area contributed by atoms with E-state index in [9.17, 15) is 19.1 Å². The fraction of sp³-hybridized carbons (Fsp3) is 0.385. The first-order valence-electron chi connectivity index (χ1n) is 6.40. The number of halogens is 3. The summed E-state index contributed by atoms with van der Waals surface area (Å²) in [4.78, 5) is 25.8. The molecule has 1 atom stereocenters. The molecule has 2 amide bonds. The topological polar surface area (TPSA) is 81.1 Å². The SMILES string of the molecule is O=C(O)N1CCN(C(=O)c2ccc(Br)c(Cl)c2F)[C@H](CO)C1. The lowest BCUT2D eigenvalue weighted by Crippen LogP contribution is -2.57. The number of carbonyl (C=O) groups is 2. The van der Waals surface area contributed by atoms with Gasteiger partial charge in [-0.25, -0.2) is 9.18 Å². The monoisotopic (exact) mass is 394 g/mol. The molecule has 0 aliphatic carbocycles. The number of benzene rings is 1. The Labute approximate surface area is 139 Å². The van der Waals surface area contributed by atoms with Crippen LogP contribution in [0.25, 0.3) is 0 Å². The second kappa shape index (κ2) is 6.80. The molecule has 120 valence electrons. The van der Waals surface area contributed by atoms with Crippen molar-refractivity contribution >= 4 is 39.5 Å². The van der Waals surface area contributed by atoms with Gasteiger partial charge in [-0.05, 0) is 28.1 Å². The maximum absolute atomic E-state index is 14.1. The summed E-state index contributed by atoms with van der Waals surface area (Å²) < 4.78 is 14.5. The minimum atomic E-state index is -1.12. The molecule has 0 aromatic heterocycles. The van der Waals surface area contributed by atoms with E-state index >= 15 is 0 Å². The van der Waals surface area contributed by atoms with Crippen molar-refractivity contribution in [2.45, 2.75) is 6.04 Å². The highest BCUT2D eigenvalue weighted by Crippen LogP contribution is 2.28. The molecule has 1 fully saturated rings. The van der Waals surface area contributed by atoms with E-state index in [1.807, 2.05) is 0 Å². The van der Waals surface area contributed by atoms with Gasteiger partial charge in [0.15, 0.2) is 5.82 Å². The van der Waals surface area contributed by atoms with Crippen molar-refractivity contribution in [2.24, 2.45) is 0 Å². The normalized spacial score (nSPS) is 18.5. The first-order valence-corrected chi connectivity index (χ1v) is 7.57. The molecule has 1 heterocycles. The van der Waals surface area contributed by atoms with E-state index in [1.54, 1.807) is 0 Å². The second-order valence-electron chi connectivity index (χ2n) is 4.79. The fourth-order valence-corrected chi connectivity index (χ4v) is 2.77. The fourth-order valence-electron chi connectivity index (χ4n) is 2.30. The molecule has 2 N–H and O–H groups in total. The number of carbonyl (C=O) groups excluding carboxylic acids is 1. The van der Waals surface area contributed by atoms with Gasteiger partial charge in [0.1, 0.15) is 0 Å². The lowest BCUT2D eigenvalue weighted by molar-refractivity contribution is 0.0306. The average Bonchev–Trinajstić information content (AvgIpc) is 2.51. The number of aliphatic hydroxyl groups is 1. The summed E-state index contributed by atoms with van der Waals surface area (Å²) in [6.45, 7) is -0.266. The molecule has 6 nitrogen and oxygen atoms in total. The number of piperazine rings is 1. The summed E-state index contributed by atoms with van der Waals surface area (Å²) in [6, 6.07) is 2.03. The Morgan fingerprint density at radius 3 is 2.68 bits per heavy atom. The van der Waals surface area contributed by atoms with E-state index in [-0.39, 0.29) is 30.2 Å². The Balaban J connectivity index is 2.26. The van der Waals surface area contributed by atoms with Gasteiger partial charge in [-0.2, -0.15) is 0 Å². The number of carboxylic acid groups (broad SMARTS) is 1. The number of aliphatic hydroxyl groups excluding tert-OH is 1. The summed E-state index contributed by atoms with van der Waals surface area (Å²) in [5.74, 6) is -1.48. The Bertz CT molecular complexity index is 616. The number of hydrogen-bond donors (Lipinski definition) is 2. The Hall–Kier alpha value is -1.38. The van der Waals surface area contributed by atoms with Crippen LogP contribution in [-0.2, 0) is 0 Å². The van der Waals surface area contributed by atoms with Gasteiger partial charge in [0, 0.05) is 24.1 Å². The molecule has 1 aliphatic rings. The van der Waals surface area contributed by atoms with Gasteiger partial charge in [-0.3, -0.25) is 4.79 Å². The highest BCUT2D eigenvalue weighted by atomic mass is 79.9. The number of amides is 2. The minimum absolute atomic E-state index is 0.0244. The van der Waals surface area contributed by atoms with Crippen LogP contribution in [0.2, 0.25) is 5.02 Å². The summed E-state index contributed by atoms with van der Waals surface area (Å²) in [6.07, 6.45) is -1.12. The third-order valence-electron chi connectivity index (χ3n) is 3.49. The third-order valence-corrected chi connectivity index (χ3v) is 4.75. The van der Waals surface area contributed by atoms with Crippen LogP contribution in [0.15, 0.2) is 16.6 Å². The van der Waals surface area contributed by atoms with Crippen molar-refractivity contribution in [3.63, 3.8) is 0 Å². The maximum atomic E-state index is 14.1. The van der Waals surface area contributed by atoms with E-state index in [4.69, 9.17) is 16.7 Å². The number of hydrogen-bond acceptors (Lipinski definition) is 3. The number of rotatable bonds is 2. The zero-order chi connectivity index (χ0) is 16.4. The Morgan fingerprint density at radius 1 is 1.41 bits per heavy atom. The first-order chi connectivity index (χ1) is 10.4. The zero-order valence-electron chi connectivity index (χ0n) is 11.3. The molecule has 0 unspecified atom stereocenters. The molecule has 1 aromatic rings. The minimum Gasteiger partial charge on any atom is -0.465 e.